The molecule has 3 aromatic rings. The SMILES string of the molecule is C[C@@H](Nc1nc(Cl)nc2c1CN(C(=O)N1CCNc3ncccc31)C2)c1cc(N)cc(C(F)(F)F)c1. The van der Waals surface area contributed by atoms with Gasteiger partial charge in [0.25, 0.3) is 0 Å². The van der Waals surface area contributed by atoms with E-state index in [9.17, 15) is 18.0 Å². The summed E-state index contributed by atoms with van der Waals surface area (Å²) in [5, 5.41) is 6.27. The van der Waals surface area contributed by atoms with Crippen LogP contribution < -0.4 is 21.3 Å². The minimum atomic E-state index is -4.53. The van der Waals surface area contributed by atoms with Crippen LogP contribution >= 0.6 is 11.6 Å². The normalized spacial score (nSPS) is 15.7. The van der Waals surface area contributed by atoms with E-state index in [2.05, 4.69) is 25.6 Å². The average molecular weight is 519 g/mol. The number of nitrogens with zero attached hydrogens (tertiary/aromatic N) is 5. The van der Waals surface area contributed by atoms with Crippen LogP contribution in [0.2, 0.25) is 5.28 Å². The Morgan fingerprint density at radius 2 is 2.06 bits per heavy atom. The fraction of sp³-hybridized carbons (Fsp3) is 0.304. The number of hydrogen-bond acceptors (Lipinski definition) is 7. The van der Waals surface area contributed by atoms with Gasteiger partial charge in [0, 0.05) is 30.5 Å². The molecule has 0 fully saturated rings. The first-order valence-electron chi connectivity index (χ1n) is 11.1. The van der Waals surface area contributed by atoms with Crippen LogP contribution in [0.1, 0.15) is 35.3 Å². The van der Waals surface area contributed by atoms with Crippen LogP contribution in [0.3, 0.4) is 0 Å². The molecule has 1 aromatic carbocycles. The maximum absolute atomic E-state index is 13.4. The summed E-state index contributed by atoms with van der Waals surface area (Å²) in [6.07, 6.45) is -2.87. The number of carbonyl (C=O) groups excluding carboxylic acids is 1. The lowest BCUT2D eigenvalue weighted by Gasteiger charge is -2.32. The molecule has 4 N–H and O–H groups in total. The summed E-state index contributed by atoms with van der Waals surface area (Å²) in [4.78, 5) is 29.5. The Labute approximate surface area is 209 Å². The second kappa shape index (κ2) is 9.01. The van der Waals surface area contributed by atoms with Gasteiger partial charge in [-0.1, -0.05) is 0 Å². The third kappa shape index (κ3) is 4.55. The van der Waals surface area contributed by atoms with Crippen LogP contribution in [-0.2, 0) is 19.3 Å². The highest BCUT2D eigenvalue weighted by Gasteiger charge is 2.34. The Morgan fingerprint density at radius 3 is 2.83 bits per heavy atom. The van der Waals surface area contributed by atoms with Gasteiger partial charge in [0.1, 0.15) is 11.6 Å². The molecule has 0 saturated heterocycles. The fourth-order valence-corrected chi connectivity index (χ4v) is 4.57. The van der Waals surface area contributed by atoms with Gasteiger partial charge in [-0.3, -0.25) is 4.90 Å². The number of nitrogen functional groups attached to an aromatic ring is 1. The van der Waals surface area contributed by atoms with Gasteiger partial charge >= 0.3 is 12.2 Å². The van der Waals surface area contributed by atoms with Crippen LogP contribution in [0.5, 0.6) is 0 Å². The van der Waals surface area contributed by atoms with E-state index in [4.69, 9.17) is 17.3 Å². The highest BCUT2D eigenvalue weighted by atomic mass is 35.5. The number of benzene rings is 1. The monoisotopic (exact) mass is 518 g/mol. The third-order valence-electron chi connectivity index (χ3n) is 6.12. The van der Waals surface area contributed by atoms with E-state index in [1.54, 1.807) is 29.0 Å². The summed E-state index contributed by atoms with van der Waals surface area (Å²) < 4.78 is 39.8. The predicted molar refractivity (Wildman–Crippen MR) is 130 cm³/mol. The highest BCUT2D eigenvalue weighted by molar-refractivity contribution is 6.28. The molecule has 2 aliphatic rings. The number of halogens is 4. The highest BCUT2D eigenvalue weighted by Crippen LogP contribution is 2.36. The number of pyridine rings is 1. The van der Waals surface area contributed by atoms with Crippen LogP contribution in [0.4, 0.5) is 41.0 Å². The molecule has 2 aliphatic heterocycles. The summed E-state index contributed by atoms with van der Waals surface area (Å²) >= 11 is 6.15. The van der Waals surface area contributed by atoms with Crippen LogP contribution in [0, 0.1) is 0 Å². The summed E-state index contributed by atoms with van der Waals surface area (Å²) in [7, 11) is 0. The molecule has 36 heavy (non-hydrogen) atoms. The molecular formula is C23H22ClF3N8O. The molecule has 0 saturated carbocycles. The zero-order valence-corrected chi connectivity index (χ0v) is 19.9. The number of fused-ring (bicyclic) bond motifs is 2. The molecule has 1 atom stereocenters. The zero-order valence-electron chi connectivity index (χ0n) is 19.1. The minimum absolute atomic E-state index is 0.00184. The number of carbonyl (C=O) groups is 1. The molecule has 9 nitrogen and oxygen atoms in total. The van der Waals surface area contributed by atoms with Crippen molar-refractivity contribution in [3.8, 4) is 0 Å². The van der Waals surface area contributed by atoms with Crippen molar-refractivity contribution in [2.45, 2.75) is 32.2 Å². The molecule has 5 rings (SSSR count). The van der Waals surface area contributed by atoms with E-state index in [0.29, 0.717) is 47.2 Å². The molecular weight excluding hydrogens is 497 g/mol. The molecule has 0 spiro atoms. The van der Waals surface area contributed by atoms with Crippen molar-refractivity contribution in [2.24, 2.45) is 0 Å². The van der Waals surface area contributed by atoms with E-state index in [-0.39, 0.29) is 30.1 Å². The number of nitrogens with one attached hydrogen (secondary N) is 2. The Morgan fingerprint density at radius 1 is 1.25 bits per heavy atom. The number of nitrogens with two attached hydrogens (primary N) is 1. The number of hydrogen-bond donors (Lipinski definition) is 3. The second-order valence-electron chi connectivity index (χ2n) is 8.61. The van der Waals surface area contributed by atoms with Crippen molar-refractivity contribution < 1.29 is 18.0 Å². The van der Waals surface area contributed by atoms with E-state index in [1.165, 1.54) is 6.07 Å². The second-order valence-corrected chi connectivity index (χ2v) is 8.94. The minimum Gasteiger partial charge on any atom is -0.399 e. The number of alkyl halides is 3. The van der Waals surface area contributed by atoms with Crippen LogP contribution in [0.25, 0.3) is 0 Å². The zero-order chi connectivity index (χ0) is 25.6. The summed E-state index contributed by atoms with van der Waals surface area (Å²) in [6, 6.07) is 6.19. The first kappa shape index (κ1) is 23.9. The lowest BCUT2D eigenvalue weighted by atomic mass is 10.0. The topological polar surface area (TPSA) is 112 Å². The Bertz CT molecular complexity index is 1340. The maximum atomic E-state index is 13.4. The Kier molecular flexibility index (Phi) is 5.99. The molecule has 0 bridgehead atoms. The molecule has 2 aromatic heterocycles. The van der Waals surface area contributed by atoms with Crippen molar-refractivity contribution in [1.82, 2.24) is 19.9 Å². The first-order chi connectivity index (χ1) is 17.1. The van der Waals surface area contributed by atoms with Gasteiger partial charge in [-0.25, -0.2) is 19.7 Å². The van der Waals surface area contributed by atoms with Crippen LogP contribution in [-0.4, -0.2) is 39.0 Å². The smallest absolute Gasteiger partial charge is 0.399 e. The van der Waals surface area contributed by atoms with Crippen molar-refractivity contribution >= 4 is 40.6 Å². The lowest BCUT2D eigenvalue weighted by molar-refractivity contribution is -0.137. The number of rotatable bonds is 3. The van der Waals surface area contributed by atoms with E-state index >= 15 is 0 Å². The Balaban J connectivity index is 1.39. The average Bonchev–Trinajstić information content (AvgIpc) is 3.26. The number of urea groups is 1. The van der Waals surface area contributed by atoms with Crippen molar-refractivity contribution in [1.29, 1.82) is 0 Å². The van der Waals surface area contributed by atoms with Gasteiger partial charge in [0.05, 0.1) is 36.1 Å². The number of amides is 2. The predicted octanol–water partition coefficient (Wildman–Crippen LogP) is 4.67. The molecule has 4 heterocycles. The Hall–Kier alpha value is -3.80. The number of aromatic nitrogens is 3. The van der Waals surface area contributed by atoms with E-state index < -0.39 is 17.8 Å². The fourth-order valence-electron chi connectivity index (χ4n) is 4.38. The quantitative estimate of drug-likeness (QED) is 0.341. The van der Waals surface area contributed by atoms with Crippen molar-refractivity contribution in [3.05, 3.63) is 64.2 Å². The van der Waals surface area contributed by atoms with Gasteiger partial charge in [0.2, 0.25) is 5.28 Å². The molecule has 2 amide bonds. The third-order valence-corrected chi connectivity index (χ3v) is 6.29. The molecule has 0 radical (unpaired) electrons. The van der Waals surface area contributed by atoms with Gasteiger partial charge in [-0.05, 0) is 54.4 Å². The summed E-state index contributed by atoms with van der Waals surface area (Å²) in [6.45, 7) is 3.16. The van der Waals surface area contributed by atoms with Gasteiger partial charge in [-0.15, -0.1) is 0 Å². The van der Waals surface area contributed by atoms with Gasteiger partial charge < -0.3 is 21.3 Å². The van der Waals surface area contributed by atoms with E-state index in [0.717, 1.165) is 12.1 Å². The molecule has 13 heteroatoms. The summed E-state index contributed by atoms with van der Waals surface area (Å²) in [5.41, 5.74) is 7.14. The summed E-state index contributed by atoms with van der Waals surface area (Å²) in [5.74, 6) is 0.986. The van der Waals surface area contributed by atoms with Gasteiger partial charge in [0.15, 0.2) is 0 Å². The maximum Gasteiger partial charge on any atom is 0.416 e. The standard InChI is InChI=1S/C23H22ClF3N8O/c1-12(13-7-14(23(25,26)27)9-15(28)8-13)31-19-16-10-34(11-17(16)32-21(24)33-19)22(36)35-6-5-30-20-18(35)3-2-4-29-20/h2-4,7-9,12H,5-6,10-11,28H2,1H3,(H,29,30)(H,31,32,33)/t12-/m1/s1. The molecule has 188 valence electrons. The largest absolute Gasteiger partial charge is 0.416 e. The van der Waals surface area contributed by atoms with Crippen LogP contribution in [0.15, 0.2) is 36.5 Å². The molecule has 0 aliphatic carbocycles. The van der Waals surface area contributed by atoms with Crippen molar-refractivity contribution in [3.63, 3.8) is 0 Å². The first-order valence-corrected chi connectivity index (χ1v) is 11.5. The van der Waals surface area contributed by atoms with E-state index in [1.807, 2.05) is 6.07 Å². The lowest BCUT2D eigenvalue weighted by Crippen LogP contribution is -2.45. The molecule has 0 unspecified atom stereocenters. The van der Waals surface area contributed by atoms with Gasteiger partial charge in [-0.2, -0.15) is 13.2 Å². The van der Waals surface area contributed by atoms with Crippen molar-refractivity contribution in [2.75, 3.05) is 34.4 Å². The number of anilines is 4.